The van der Waals surface area contributed by atoms with Crippen LogP contribution in [0, 0.1) is 0 Å². The van der Waals surface area contributed by atoms with Crippen molar-refractivity contribution in [2.75, 3.05) is 52.4 Å². The summed E-state index contributed by atoms with van der Waals surface area (Å²) in [4.78, 5) is 19.4. The Hall–Kier alpha value is -1.14. The van der Waals surface area contributed by atoms with E-state index in [1.165, 1.54) is 0 Å². The van der Waals surface area contributed by atoms with Crippen LogP contribution in [-0.4, -0.2) is 84.2 Å². The lowest BCUT2D eigenvalue weighted by atomic mass is 10.0. The number of hydrogen-bond donors (Lipinski definition) is 1. The molecule has 0 spiro atoms. The number of piperidine rings is 1. The second-order valence-electron chi connectivity index (χ2n) is 7.02. The third-order valence-corrected chi connectivity index (χ3v) is 5.68. The Morgan fingerprint density at radius 3 is 2.28 bits per heavy atom. The van der Waals surface area contributed by atoms with Crippen LogP contribution < -0.4 is 0 Å². The molecule has 2 aliphatic heterocycles. The van der Waals surface area contributed by atoms with Gasteiger partial charge in [0, 0.05) is 56.9 Å². The highest BCUT2D eigenvalue weighted by molar-refractivity contribution is 6.30. The predicted octanol–water partition coefficient (Wildman–Crippen LogP) is 1.48. The topological polar surface area (TPSA) is 47.0 Å². The number of rotatable bonds is 5. The quantitative estimate of drug-likeness (QED) is 0.858. The molecule has 1 aromatic rings. The van der Waals surface area contributed by atoms with Crippen LogP contribution in [0.25, 0.3) is 0 Å². The number of likely N-dealkylation sites (tertiary alicyclic amines) is 1. The molecule has 0 atom stereocenters. The van der Waals surface area contributed by atoms with Crippen LogP contribution in [-0.2, 0) is 11.2 Å². The Morgan fingerprint density at radius 1 is 1.04 bits per heavy atom. The number of carbonyl (C=O) groups is 1. The minimum atomic E-state index is 0.216. The molecule has 5 nitrogen and oxygen atoms in total. The van der Waals surface area contributed by atoms with Crippen molar-refractivity contribution in [1.29, 1.82) is 0 Å². The number of carbonyl (C=O) groups excluding carboxylic acids is 1. The van der Waals surface area contributed by atoms with E-state index in [1.807, 2.05) is 29.2 Å². The van der Waals surface area contributed by atoms with E-state index in [1.54, 1.807) is 0 Å². The normalized spacial score (nSPS) is 20.8. The minimum Gasteiger partial charge on any atom is -0.395 e. The summed E-state index contributed by atoms with van der Waals surface area (Å²) in [5.41, 5.74) is 1.02. The number of halogens is 1. The molecule has 0 saturated carbocycles. The van der Waals surface area contributed by atoms with Crippen molar-refractivity contribution in [1.82, 2.24) is 14.7 Å². The van der Waals surface area contributed by atoms with Gasteiger partial charge in [0.25, 0.3) is 0 Å². The van der Waals surface area contributed by atoms with Gasteiger partial charge in [0.15, 0.2) is 0 Å². The largest absolute Gasteiger partial charge is 0.395 e. The zero-order valence-corrected chi connectivity index (χ0v) is 15.5. The number of aliphatic hydroxyl groups excluding tert-OH is 1. The van der Waals surface area contributed by atoms with Gasteiger partial charge in [0.2, 0.25) is 5.91 Å². The number of aliphatic hydroxyl groups is 1. The monoisotopic (exact) mass is 365 g/mol. The average molecular weight is 366 g/mol. The lowest BCUT2D eigenvalue weighted by molar-refractivity contribution is -0.132. The van der Waals surface area contributed by atoms with E-state index >= 15 is 0 Å². The van der Waals surface area contributed by atoms with Gasteiger partial charge in [-0.3, -0.25) is 14.6 Å². The van der Waals surface area contributed by atoms with Crippen molar-refractivity contribution < 1.29 is 9.90 Å². The summed E-state index contributed by atoms with van der Waals surface area (Å²) in [5, 5.41) is 9.74. The molecule has 0 aliphatic carbocycles. The van der Waals surface area contributed by atoms with Gasteiger partial charge in [-0.15, -0.1) is 0 Å². The first-order valence-electron chi connectivity index (χ1n) is 9.25. The molecule has 0 aromatic heterocycles. The van der Waals surface area contributed by atoms with Gasteiger partial charge in [0.1, 0.15) is 0 Å². The summed E-state index contributed by atoms with van der Waals surface area (Å²) in [5.74, 6) is 0.216. The van der Waals surface area contributed by atoms with Crippen molar-refractivity contribution >= 4 is 17.5 Å². The number of β-amino-alcohol motifs (C(OH)–C–C–N with tert-alkyl or cyclic N) is 1. The number of nitrogens with zero attached hydrogens (tertiary/aromatic N) is 3. The lowest BCUT2D eigenvalue weighted by Crippen LogP contribution is -2.54. The van der Waals surface area contributed by atoms with Crippen molar-refractivity contribution in [2.24, 2.45) is 0 Å². The number of hydrogen-bond acceptors (Lipinski definition) is 4. The van der Waals surface area contributed by atoms with Crippen molar-refractivity contribution in [3.63, 3.8) is 0 Å². The van der Waals surface area contributed by atoms with E-state index in [0.29, 0.717) is 17.5 Å². The van der Waals surface area contributed by atoms with E-state index in [-0.39, 0.29) is 12.5 Å². The molecular formula is C19H28ClN3O2. The fourth-order valence-corrected chi connectivity index (χ4v) is 3.99. The highest BCUT2D eigenvalue weighted by atomic mass is 35.5. The minimum absolute atomic E-state index is 0.216. The van der Waals surface area contributed by atoms with Gasteiger partial charge >= 0.3 is 0 Å². The van der Waals surface area contributed by atoms with E-state index < -0.39 is 0 Å². The number of piperazine rings is 1. The lowest BCUT2D eigenvalue weighted by Gasteiger charge is -2.42. The van der Waals surface area contributed by atoms with Crippen molar-refractivity contribution in [2.45, 2.75) is 25.3 Å². The smallest absolute Gasteiger partial charge is 0.226 e. The summed E-state index contributed by atoms with van der Waals surface area (Å²) in [6, 6.07) is 8.13. The average Bonchev–Trinajstić information content (AvgIpc) is 2.65. The molecule has 138 valence electrons. The molecule has 2 aliphatic rings. The Bertz CT molecular complexity index is 550. The fraction of sp³-hybridized carbons (Fsp3) is 0.632. The van der Waals surface area contributed by atoms with E-state index in [9.17, 15) is 4.79 Å². The van der Waals surface area contributed by atoms with Crippen LogP contribution in [0.5, 0.6) is 0 Å². The summed E-state index contributed by atoms with van der Waals surface area (Å²) in [7, 11) is 0. The van der Waals surface area contributed by atoms with E-state index in [2.05, 4.69) is 9.80 Å². The molecule has 6 heteroatoms. The molecule has 2 heterocycles. The Labute approximate surface area is 155 Å². The maximum atomic E-state index is 12.5. The molecule has 0 bridgehead atoms. The van der Waals surface area contributed by atoms with Crippen molar-refractivity contribution in [3.8, 4) is 0 Å². The molecule has 2 saturated heterocycles. The van der Waals surface area contributed by atoms with Gasteiger partial charge in [0.05, 0.1) is 13.0 Å². The molecule has 2 fully saturated rings. The van der Waals surface area contributed by atoms with E-state index in [4.69, 9.17) is 16.7 Å². The highest BCUT2D eigenvalue weighted by Gasteiger charge is 2.28. The molecule has 1 N–H and O–H groups in total. The van der Waals surface area contributed by atoms with Crippen molar-refractivity contribution in [3.05, 3.63) is 34.9 Å². The summed E-state index contributed by atoms with van der Waals surface area (Å²) < 4.78 is 0. The van der Waals surface area contributed by atoms with Gasteiger partial charge in [-0.2, -0.15) is 0 Å². The van der Waals surface area contributed by atoms with Gasteiger partial charge in [-0.25, -0.2) is 0 Å². The summed E-state index contributed by atoms with van der Waals surface area (Å²) in [6.45, 7) is 6.96. The first-order valence-corrected chi connectivity index (χ1v) is 9.63. The molecule has 0 unspecified atom stereocenters. The third kappa shape index (κ3) is 5.17. The van der Waals surface area contributed by atoms with Crippen LogP contribution in [0.1, 0.15) is 18.4 Å². The Morgan fingerprint density at radius 2 is 1.68 bits per heavy atom. The number of amides is 1. The second-order valence-corrected chi connectivity index (χ2v) is 7.45. The van der Waals surface area contributed by atoms with Gasteiger partial charge in [-0.05, 0) is 30.5 Å². The zero-order valence-electron chi connectivity index (χ0n) is 14.7. The Kier molecular flexibility index (Phi) is 6.70. The molecule has 3 rings (SSSR count). The zero-order chi connectivity index (χ0) is 17.6. The molecule has 25 heavy (non-hydrogen) atoms. The third-order valence-electron chi connectivity index (χ3n) is 5.43. The van der Waals surface area contributed by atoms with Crippen LogP contribution in [0.3, 0.4) is 0 Å². The van der Waals surface area contributed by atoms with E-state index in [0.717, 1.165) is 64.2 Å². The van der Waals surface area contributed by atoms with Gasteiger partial charge in [-0.1, -0.05) is 23.7 Å². The molecule has 0 radical (unpaired) electrons. The summed E-state index contributed by atoms with van der Waals surface area (Å²) >= 11 is 5.90. The maximum absolute atomic E-state index is 12.5. The Balaban J connectivity index is 1.42. The summed E-state index contributed by atoms with van der Waals surface area (Å²) in [6.07, 6.45) is 2.58. The SMILES string of the molecule is O=C(Cc1ccc(Cl)cc1)N1CCC(N2CCN(CCO)CC2)CC1. The first kappa shape index (κ1) is 18.6. The second kappa shape index (κ2) is 8.99. The van der Waals surface area contributed by atoms with Crippen LogP contribution in [0.15, 0.2) is 24.3 Å². The van der Waals surface area contributed by atoms with Gasteiger partial charge < -0.3 is 10.0 Å². The van der Waals surface area contributed by atoms with Crippen LogP contribution in [0.4, 0.5) is 0 Å². The molecule has 1 amide bonds. The molecular weight excluding hydrogens is 338 g/mol. The first-order chi connectivity index (χ1) is 12.2. The molecule has 1 aromatic carbocycles. The van der Waals surface area contributed by atoms with Crippen LogP contribution >= 0.6 is 11.6 Å². The number of benzene rings is 1. The maximum Gasteiger partial charge on any atom is 0.226 e. The highest BCUT2D eigenvalue weighted by Crippen LogP contribution is 2.19. The van der Waals surface area contributed by atoms with Crippen LogP contribution in [0.2, 0.25) is 5.02 Å². The predicted molar refractivity (Wildman–Crippen MR) is 99.9 cm³/mol. The fourth-order valence-electron chi connectivity index (χ4n) is 3.86. The standard InChI is InChI=1S/C19H28ClN3O2/c20-17-3-1-16(2-4-17)15-19(25)23-7-5-18(6-8-23)22-11-9-21(10-12-22)13-14-24/h1-4,18,24H,5-15H2.